The van der Waals surface area contributed by atoms with Gasteiger partial charge in [-0.15, -0.1) is 0 Å². The molecule has 2 heterocycles. The Hall–Kier alpha value is -3.68. The fraction of sp³-hybridized carbons (Fsp3) is 0.200. The number of H-pyrrole nitrogens is 1. The number of aromatic nitrogens is 4. The minimum atomic E-state index is -1.36. The number of carbonyl (C=O) groups is 1. The molecule has 0 saturated heterocycles. The van der Waals surface area contributed by atoms with E-state index < -0.39 is 6.16 Å². The molecule has 0 aliphatic rings. The van der Waals surface area contributed by atoms with E-state index in [2.05, 4.69) is 24.0 Å². The molecule has 0 atom stereocenters. The standard InChI is InChI=1S/C20H19N5O3/c1-11(2)25(3)19-18(12-4-6-15-13(8-12)10-21-24-15)22-16-7-5-14(28-20(26)27)9-17(16)23-19/h4-11H,1-3H3,(H,21,24)(H,26,27). The van der Waals surface area contributed by atoms with Crippen molar-refractivity contribution in [2.24, 2.45) is 0 Å². The fourth-order valence-corrected chi connectivity index (χ4v) is 2.96. The van der Waals surface area contributed by atoms with Gasteiger partial charge in [-0.1, -0.05) is 6.07 Å². The highest BCUT2D eigenvalue weighted by atomic mass is 16.7. The van der Waals surface area contributed by atoms with Gasteiger partial charge in [0.1, 0.15) is 11.4 Å². The molecule has 0 amide bonds. The van der Waals surface area contributed by atoms with E-state index in [1.807, 2.05) is 30.1 Å². The SMILES string of the molecule is CC(C)N(C)c1nc2cc(OC(=O)O)ccc2nc1-c1ccc2[nH]ncc2c1. The Kier molecular flexibility index (Phi) is 4.31. The van der Waals surface area contributed by atoms with Crippen molar-refractivity contribution >= 4 is 33.9 Å². The third-order valence-electron chi connectivity index (χ3n) is 4.64. The van der Waals surface area contributed by atoms with Gasteiger partial charge in [-0.05, 0) is 38.1 Å². The number of carboxylic acid groups (broad SMARTS) is 1. The maximum atomic E-state index is 10.8. The molecule has 0 spiro atoms. The molecule has 2 N–H and O–H groups in total. The lowest BCUT2D eigenvalue weighted by Crippen LogP contribution is -2.27. The number of rotatable bonds is 4. The Bertz CT molecular complexity index is 1190. The zero-order valence-electron chi connectivity index (χ0n) is 15.7. The van der Waals surface area contributed by atoms with Crippen LogP contribution >= 0.6 is 0 Å². The average molecular weight is 377 g/mol. The van der Waals surface area contributed by atoms with E-state index in [-0.39, 0.29) is 11.8 Å². The zero-order valence-corrected chi connectivity index (χ0v) is 15.7. The average Bonchev–Trinajstić information content (AvgIpc) is 3.13. The van der Waals surface area contributed by atoms with Gasteiger partial charge in [0.15, 0.2) is 5.82 Å². The summed E-state index contributed by atoms with van der Waals surface area (Å²) in [5, 5.41) is 16.8. The van der Waals surface area contributed by atoms with Gasteiger partial charge in [0.05, 0.1) is 22.7 Å². The molecule has 142 valence electrons. The van der Waals surface area contributed by atoms with Crippen molar-refractivity contribution in [2.45, 2.75) is 19.9 Å². The van der Waals surface area contributed by atoms with Crippen LogP contribution in [-0.2, 0) is 0 Å². The molecule has 4 rings (SSSR count). The summed E-state index contributed by atoms with van der Waals surface area (Å²) in [6.07, 6.45) is 0.408. The number of aromatic amines is 1. The topological polar surface area (TPSA) is 104 Å². The summed E-state index contributed by atoms with van der Waals surface area (Å²) in [5.74, 6) is 0.915. The van der Waals surface area contributed by atoms with E-state index in [1.54, 1.807) is 24.4 Å². The van der Waals surface area contributed by atoms with Crippen molar-refractivity contribution in [2.75, 3.05) is 11.9 Å². The van der Waals surface area contributed by atoms with Crippen LogP contribution in [0.1, 0.15) is 13.8 Å². The summed E-state index contributed by atoms with van der Waals surface area (Å²) >= 11 is 0. The van der Waals surface area contributed by atoms with Crippen LogP contribution in [0.15, 0.2) is 42.6 Å². The van der Waals surface area contributed by atoms with Crippen LogP contribution in [0.4, 0.5) is 10.6 Å². The predicted molar refractivity (Wildman–Crippen MR) is 107 cm³/mol. The fourth-order valence-electron chi connectivity index (χ4n) is 2.96. The number of fused-ring (bicyclic) bond motifs is 2. The van der Waals surface area contributed by atoms with Crippen LogP contribution in [0.2, 0.25) is 0 Å². The molecule has 28 heavy (non-hydrogen) atoms. The second-order valence-electron chi connectivity index (χ2n) is 6.79. The predicted octanol–water partition coefficient (Wildman–Crippen LogP) is 4.07. The second kappa shape index (κ2) is 6.80. The smallest absolute Gasteiger partial charge is 0.449 e. The van der Waals surface area contributed by atoms with E-state index in [9.17, 15) is 4.79 Å². The highest BCUT2D eigenvalue weighted by Crippen LogP contribution is 2.32. The first-order chi connectivity index (χ1) is 13.4. The number of hydrogen-bond acceptors (Lipinski definition) is 6. The summed E-state index contributed by atoms with van der Waals surface area (Å²) in [6.45, 7) is 4.14. The lowest BCUT2D eigenvalue weighted by molar-refractivity contribution is 0.144. The normalized spacial score (nSPS) is 11.3. The Morgan fingerprint density at radius 2 is 1.96 bits per heavy atom. The minimum absolute atomic E-state index is 0.196. The van der Waals surface area contributed by atoms with E-state index in [4.69, 9.17) is 19.8 Å². The number of nitrogens with one attached hydrogen (secondary N) is 1. The van der Waals surface area contributed by atoms with E-state index in [1.165, 1.54) is 0 Å². The van der Waals surface area contributed by atoms with Gasteiger partial charge in [-0.25, -0.2) is 14.8 Å². The highest BCUT2D eigenvalue weighted by Gasteiger charge is 2.18. The van der Waals surface area contributed by atoms with Gasteiger partial charge in [-0.3, -0.25) is 5.10 Å². The van der Waals surface area contributed by atoms with Gasteiger partial charge >= 0.3 is 6.16 Å². The molecule has 2 aromatic carbocycles. The largest absolute Gasteiger partial charge is 0.511 e. The van der Waals surface area contributed by atoms with Crippen LogP contribution in [0.5, 0.6) is 5.75 Å². The molecule has 0 saturated carbocycles. The first-order valence-corrected chi connectivity index (χ1v) is 8.81. The summed E-state index contributed by atoms with van der Waals surface area (Å²) in [4.78, 5) is 22.5. The van der Waals surface area contributed by atoms with Crippen molar-refractivity contribution < 1.29 is 14.6 Å². The lowest BCUT2D eigenvalue weighted by atomic mass is 10.1. The number of nitrogens with zero attached hydrogens (tertiary/aromatic N) is 4. The molecule has 2 aromatic heterocycles. The zero-order chi connectivity index (χ0) is 19.8. The Morgan fingerprint density at radius 3 is 2.71 bits per heavy atom. The van der Waals surface area contributed by atoms with E-state index >= 15 is 0 Å². The molecule has 0 aliphatic carbocycles. The number of anilines is 1. The van der Waals surface area contributed by atoms with Crippen LogP contribution in [0.3, 0.4) is 0 Å². The first kappa shape index (κ1) is 17.7. The van der Waals surface area contributed by atoms with Gasteiger partial charge in [0.2, 0.25) is 0 Å². The third kappa shape index (κ3) is 3.20. The summed E-state index contributed by atoms with van der Waals surface area (Å²) in [5.41, 5.74) is 3.84. The molecule has 0 bridgehead atoms. The molecule has 0 fully saturated rings. The number of hydrogen-bond donors (Lipinski definition) is 2. The minimum Gasteiger partial charge on any atom is -0.449 e. The Balaban J connectivity index is 1.92. The van der Waals surface area contributed by atoms with Crippen molar-refractivity contribution in [3.63, 3.8) is 0 Å². The highest BCUT2D eigenvalue weighted by molar-refractivity contribution is 5.89. The summed E-state index contributed by atoms with van der Waals surface area (Å²) in [7, 11) is 1.96. The Labute approximate surface area is 160 Å². The maximum Gasteiger partial charge on any atom is 0.511 e. The number of ether oxygens (including phenoxy) is 1. The molecule has 8 heteroatoms. The molecular formula is C20H19N5O3. The molecule has 0 unspecified atom stereocenters. The van der Waals surface area contributed by atoms with Crippen LogP contribution in [-0.4, -0.2) is 44.5 Å². The molecule has 0 aliphatic heterocycles. The van der Waals surface area contributed by atoms with Crippen molar-refractivity contribution in [3.05, 3.63) is 42.6 Å². The first-order valence-electron chi connectivity index (χ1n) is 8.81. The van der Waals surface area contributed by atoms with Crippen molar-refractivity contribution in [1.29, 1.82) is 0 Å². The lowest BCUT2D eigenvalue weighted by Gasteiger charge is -2.25. The third-order valence-corrected chi connectivity index (χ3v) is 4.64. The maximum absolute atomic E-state index is 10.8. The second-order valence-corrected chi connectivity index (χ2v) is 6.79. The van der Waals surface area contributed by atoms with Gasteiger partial charge < -0.3 is 14.7 Å². The van der Waals surface area contributed by atoms with Crippen molar-refractivity contribution in [1.82, 2.24) is 20.2 Å². The molecule has 8 nitrogen and oxygen atoms in total. The Morgan fingerprint density at radius 1 is 1.14 bits per heavy atom. The molecular weight excluding hydrogens is 358 g/mol. The van der Waals surface area contributed by atoms with Gasteiger partial charge in [-0.2, -0.15) is 5.10 Å². The van der Waals surface area contributed by atoms with Gasteiger partial charge in [0, 0.05) is 30.1 Å². The summed E-state index contributed by atoms with van der Waals surface area (Å²) in [6, 6.07) is 11.0. The quantitative estimate of drug-likeness (QED) is 0.408. The molecule has 0 radical (unpaired) electrons. The summed E-state index contributed by atoms with van der Waals surface area (Å²) < 4.78 is 4.75. The molecule has 4 aromatic rings. The van der Waals surface area contributed by atoms with Crippen LogP contribution in [0, 0.1) is 0 Å². The monoisotopic (exact) mass is 377 g/mol. The van der Waals surface area contributed by atoms with Crippen molar-refractivity contribution in [3.8, 4) is 17.0 Å². The van der Waals surface area contributed by atoms with Crippen LogP contribution in [0.25, 0.3) is 33.2 Å². The van der Waals surface area contributed by atoms with E-state index in [0.29, 0.717) is 16.9 Å². The van der Waals surface area contributed by atoms with Gasteiger partial charge in [0.25, 0.3) is 0 Å². The van der Waals surface area contributed by atoms with E-state index in [0.717, 1.165) is 22.2 Å². The van der Waals surface area contributed by atoms with Crippen LogP contribution < -0.4 is 9.64 Å². The number of benzene rings is 2.